The van der Waals surface area contributed by atoms with Gasteiger partial charge in [0.1, 0.15) is 0 Å². The molecule has 0 N–H and O–H groups in total. The summed E-state index contributed by atoms with van der Waals surface area (Å²) in [5, 5.41) is 0. The van der Waals surface area contributed by atoms with Crippen molar-refractivity contribution in [1.29, 1.82) is 0 Å². The van der Waals surface area contributed by atoms with Gasteiger partial charge in [-0.2, -0.15) is 0 Å². The third kappa shape index (κ3) is 31.2. The fraction of sp³-hybridized carbons (Fsp3) is 1.00. The second-order valence-electron chi connectivity index (χ2n) is 5.99. The van der Waals surface area contributed by atoms with Crippen molar-refractivity contribution >= 4 is 43.2 Å². The van der Waals surface area contributed by atoms with Crippen LogP contribution < -0.4 is 0 Å². The Balaban J connectivity index is 0. The van der Waals surface area contributed by atoms with E-state index in [0.717, 1.165) is 0 Å². The molecule has 0 amide bonds. The van der Waals surface area contributed by atoms with Crippen molar-refractivity contribution < 1.29 is 0 Å². The lowest BCUT2D eigenvalue weighted by molar-refractivity contribution is 0.627. The van der Waals surface area contributed by atoms with Crippen molar-refractivity contribution in [3.63, 3.8) is 0 Å². The first kappa shape index (κ1) is 27.6. The van der Waals surface area contributed by atoms with Gasteiger partial charge in [-0.05, 0) is 12.8 Å². The molecule has 0 aromatic carbocycles. The monoisotopic (exact) mass is 412 g/mol. The fourth-order valence-electron chi connectivity index (χ4n) is 2.17. The second kappa shape index (κ2) is 29.2. The molecule has 0 rings (SSSR count). The third-order valence-electron chi connectivity index (χ3n) is 3.56. The first-order valence-corrected chi connectivity index (χ1v) is 15.3. The lowest BCUT2D eigenvalue weighted by atomic mass is 10.1. The van der Waals surface area contributed by atoms with Gasteiger partial charge < -0.3 is 0 Å². The summed E-state index contributed by atoms with van der Waals surface area (Å²) in [6.45, 7) is 8.92. The molecule has 24 heavy (non-hydrogen) atoms. The molecule has 0 saturated carbocycles. The van der Waals surface area contributed by atoms with Crippen molar-refractivity contribution in [2.45, 2.75) is 105 Å². The summed E-state index contributed by atoms with van der Waals surface area (Å²) < 4.78 is 0. The van der Waals surface area contributed by atoms with Gasteiger partial charge >= 0.3 is 0 Å². The molecule has 0 aliphatic carbocycles. The molecule has 0 aliphatic heterocycles. The van der Waals surface area contributed by atoms with E-state index in [2.05, 4.69) is 49.3 Å². The Bertz CT molecular complexity index is 168. The summed E-state index contributed by atoms with van der Waals surface area (Å²) >= 11 is 0. The maximum atomic E-state index is 2.29. The Kier molecular flexibility index (Phi) is 33.6. The lowest BCUT2D eigenvalue weighted by Crippen LogP contribution is -1.83. The first-order valence-electron chi connectivity index (χ1n) is 10.3. The number of hydrogen-bond donors (Lipinski definition) is 0. The summed E-state index contributed by atoms with van der Waals surface area (Å²) in [6.07, 6.45) is 17.2. The molecule has 0 fully saturated rings. The van der Waals surface area contributed by atoms with Crippen LogP contribution in [0.1, 0.15) is 105 Å². The highest BCUT2D eigenvalue weighted by Crippen LogP contribution is 2.24. The number of hydrogen-bond acceptors (Lipinski definition) is 4. The van der Waals surface area contributed by atoms with Gasteiger partial charge in [-0.3, -0.25) is 0 Å². The Morgan fingerprint density at radius 3 is 1.04 bits per heavy atom. The van der Waals surface area contributed by atoms with Crippen molar-refractivity contribution in [2.75, 3.05) is 23.0 Å². The number of unbranched alkanes of at least 4 members (excludes halogenated alkanes) is 10. The molecule has 0 saturated heterocycles. The summed E-state index contributed by atoms with van der Waals surface area (Å²) in [7, 11) is 8.05. The van der Waals surface area contributed by atoms with Crippen LogP contribution in [0.4, 0.5) is 0 Å². The Hall–Kier alpha value is 1.40. The molecule has 0 nitrogen and oxygen atoms in total. The van der Waals surface area contributed by atoms with E-state index in [9.17, 15) is 0 Å². The van der Waals surface area contributed by atoms with Gasteiger partial charge in [0.25, 0.3) is 0 Å². The van der Waals surface area contributed by atoms with E-state index in [1.807, 2.05) is 21.6 Å². The largest absolute Gasteiger partial charge is 0.0945 e. The highest BCUT2D eigenvalue weighted by Gasteiger charge is 1.94. The van der Waals surface area contributed by atoms with Gasteiger partial charge in [-0.15, -0.1) is 0 Å². The third-order valence-corrected chi connectivity index (χ3v) is 8.69. The average molecular weight is 413 g/mol. The SMILES string of the molecule is CCCCCCCCSSCCCCCCCC.CCSSCC. The molecular formula is C20H44S4. The average Bonchev–Trinajstić information content (AvgIpc) is 2.61. The van der Waals surface area contributed by atoms with Crippen LogP contribution in [-0.2, 0) is 0 Å². The molecule has 148 valence electrons. The smallest absolute Gasteiger partial charge is 0.00369 e. The summed E-state index contributed by atoms with van der Waals surface area (Å²) in [5.41, 5.74) is 0. The second-order valence-corrected chi connectivity index (χ2v) is 11.7. The Labute approximate surface area is 170 Å². The van der Waals surface area contributed by atoms with Crippen LogP contribution in [0.25, 0.3) is 0 Å². The Morgan fingerprint density at radius 2 is 0.708 bits per heavy atom. The van der Waals surface area contributed by atoms with Crippen LogP contribution in [0.2, 0.25) is 0 Å². The fourth-order valence-corrected chi connectivity index (χ4v) is 5.79. The van der Waals surface area contributed by atoms with Crippen molar-refractivity contribution in [3.8, 4) is 0 Å². The molecule has 0 spiro atoms. The minimum Gasteiger partial charge on any atom is -0.0945 e. The Morgan fingerprint density at radius 1 is 0.375 bits per heavy atom. The predicted octanol–water partition coefficient (Wildman–Crippen LogP) is 9.50. The zero-order valence-electron chi connectivity index (χ0n) is 16.9. The van der Waals surface area contributed by atoms with E-state index in [0.29, 0.717) is 0 Å². The zero-order chi connectivity index (χ0) is 18.1. The minimum atomic E-state index is 1.23. The van der Waals surface area contributed by atoms with Crippen LogP contribution in [-0.4, -0.2) is 23.0 Å². The van der Waals surface area contributed by atoms with Crippen LogP contribution in [0.5, 0.6) is 0 Å². The van der Waals surface area contributed by atoms with Gasteiger partial charge in [0.05, 0.1) is 0 Å². The van der Waals surface area contributed by atoms with Crippen LogP contribution >= 0.6 is 43.2 Å². The van der Waals surface area contributed by atoms with Gasteiger partial charge in [0.15, 0.2) is 0 Å². The maximum absolute atomic E-state index is 2.29. The molecule has 0 aromatic rings. The van der Waals surface area contributed by atoms with Crippen LogP contribution in [0.3, 0.4) is 0 Å². The van der Waals surface area contributed by atoms with Gasteiger partial charge in [-0.25, -0.2) is 0 Å². The first-order chi connectivity index (χ1) is 11.8. The van der Waals surface area contributed by atoms with Gasteiger partial charge in [-0.1, -0.05) is 135 Å². The molecule has 0 bridgehead atoms. The topological polar surface area (TPSA) is 0 Å². The number of rotatable bonds is 18. The maximum Gasteiger partial charge on any atom is 0.00369 e. The van der Waals surface area contributed by atoms with Crippen molar-refractivity contribution in [3.05, 3.63) is 0 Å². The molecular weight excluding hydrogens is 368 g/mol. The summed E-state index contributed by atoms with van der Waals surface area (Å²) in [4.78, 5) is 0. The molecule has 0 aromatic heterocycles. The van der Waals surface area contributed by atoms with E-state index >= 15 is 0 Å². The van der Waals surface area contributed by atoms with Crippen molar-refractivity contribution in [2.24, 2.45) is 0 Å². The molecule has 0 aliphatic rings. The van der Waals surface area contributed by atoms with E-state index in [1.54, 1.807) is 0 Å². The molecule has 0 radical (unpaired) electrons. The highest BCUT2D eigenvalue weighted by atomic mass is 33.1. The van der Waals surface area contributed by atoms with Crippen LogP contribution in [0, 0.1) is 0 Å². The minimum absolute atomic E-state index is 1.23. The van der Waals surface area contributed by atoms with E-state index < -0.39 is 0 Å². The molecule has 4 heteroatoms. The molecule has 0 heterocycles. The predicted molar refractivity (Wildman–Crippen MR) is 128 cm³/mol. The molecule has 0 atom stereocenters. The van der Waals surface area contributed by atoms with Crippen LogP contribution in [0.15, 0.2) is 0 Å². The van der Waals surface area contributed by atoms with Gasteiger partial charge in [0.2, 0.25) is 0 Å². The lowest BCUT2D eigenvalue weighted by Gasteiger charge is -2.02. The summed E-state index contributed by atoms with van der Waals surface area (Å²) in [5.74, 6) is 5.20. The standard InChI is InChI=1S/C16H34S2.C4H10S2/c1-3-5-7-9-11-13-15-17-18-16-14-12-10-8-6-4-2;1-3-5-6-4-2/h3-16H2,1-2H3;3-4H2,1-2H3. The summed E-state index contributed by atoms with van der Waals surface area (Å²) in [6, 6.07) is 0. The quantitative estimate of drug-likeness (QED) is 0.162. The normalized spacial score (nSPS) is 10.5. The zero-order valence-corrected chi connectivity index (χ0v) is 20.2. The van der Waals surface area contributed by atoms with Crippen molar-refractivity contribution in [1.82, 2.24) is 0 Å². The van der Waals surface area contributed by atoms with E-state index in [-0.39, 0.29) is 0 Å². The van der Waals surface area contributed by atoms with E-state index in [4.69, 9.17) is 0 Å². The van der Waals surface area contributed by atoms with E-state index in [1.165, 1.54) is 100 Å². The molecule has 0 unspecified atom stereocenters. The highest BCUT2D eigenvalue weighted by molar-refractivity contribution is 8.77. The van der Waals surface area contributed by atoms with Gasteiger partial charge in [0, 0.05) is 23.0 Å².